The van der Waals surface area contributed by atoms with E-state index in [2.05, 4.69) is 17.2 Å². The third-order valence-corrected chi connectivity index (χ3v) is 3.78. The third kappa shape index (κ3) is 2.72. The fourth-order valence-corrected chi connectivity index (χ4v) is 2.26. The van der Waals surface area contributed by atoms with Crippen molar-refractivity contribution in [3.8, 4) is 0 Å². The first kappa shape index (κ1) is 13.4. The van der Waals surface area contributed by atoms with Gasteiger partial charge in [-0.3, -0.25) is 15.1 Å². The minimum Gasteiger partial charge on any atom is -0.377 e. The lowest BCUT2D eigenvalue weighted by Gasteiger charge is -2.34. The fraction of sp³-hybridized carbons (Fsp3) is 0.909. The molecule has 5 heteroatoms. The number of nitrogens with zero attached hydrogens (tertiary/aromatic N) is 1. The van der Waals surface area contributed by atoms with Gasteiger partial charge in [-0.25, -0.2) is 5.84 Å². The molecular weight excluding hydrogens is 206 g/mol. The molecule has 0 aromatic heterocycles. The summed E-state index contributed by atoms with van der Waals surface area (Å²) in [7, 11) is 2.04. The van der Waals surface area contributed by atoms with Crippen molar-refractivity contribution in [2.45, 2.75) is 45.4 Å². The molecule has 0 aromatic rings. The molecular formula is C11H23N3O2. The second kappa shape index (κ2) is 5.61. The van der Waals surface area contributed by atoms with E-state index in [1.807, 2.05) is 20.9 Å². The van der Waals surface area contributed by atoms with Crippen LogP contribution in [0.3, 0.4) is 0 Å². The summed E-state index contributed by atoms with van der Waals surface area (Å²) in [6.07, 6.45) is 1.26. The Bertz CT molecular complexity index is 247. The molecule has 0 aromatic carbocycles. The van der Waals surface area contributed by atoms with Gasteiger partial charge in [0.2, 0.25) is 5.91 Å². The minimum absolute atomic E-state index is 0.120. The predicted molar refractivity (Wildman–Crippen MR) is 62.5 cm³/mol. The summed E-state index contributed by atoms with van der Waals surface area (Å²) in [5.41, 5.74) is 2.21. The van der Waals surface area contributed by atoms with Gasteiger partial charge in [-0.2, -0.15) is 0 Å². The Kier molecular flexibility index (Phi) is 4.70. The van der Waals surface area contributed by atoms with Gasteiger partial charge in [0, 0.05) is 18.7 Å². The highest BCUT2D eigenvalue weighted by Gasteiger charge is 2.33. The maximum atomic E-state index is 11.5. The van der Waals surface area contributed by atoms with Crippen molar-refractivity contribution in [1.82, 2.24) is 10.3 Å². The summed E-state index contributed by atoms with van der Waals surface area (Å²) < 4.78 is 5.54. The number of likely N-dealkylation sites (N-methyl/N-ethyl adjacent to an activating group) is 1. The van der Waals surface area contributed by atoms with Gasteiger partial charge in [0.15, 0.2) is 0 Å². The lowest BCUT2D eigenvalue weighted by molar-refractivity contribution is -0.126. The molecule has 0 aliphatic carbocycles. The topological polar surface area (TPSA) is 67.6 Å². The first-order valence-corrected chi connectivity index (χ1v) is 5.83. The second-order valence-electron chi connectivity index (χ2n) is 4.64. The van der Waals surface area contributed by atoms with E-state index < -0.39 is 0 Å². The molecule has 1 rings (SSSR count). The number of hydrogen-bond acceptors (Lipinski definition) is 4. The van der Waals surface area contributed by atoms with Gasteiger partial charge in [0.05, 0.1) is 12.0 Å². The Balaban J connectivity index is 2.58. The van der Waals surface area contributed by atoms with Crippen LogP contribution in [0.25, 0.3) is 0 Å². The van der Waals surface area contributed by atoms with E-state index in [-0.39, 0.29) is 24.0 Å². The van der Waals surface area contributed by atoms with Gasteiger partial charge in [0.25, 0.3) is 0 Å². The standard InChI is InChI=1S/C11H23N3O2/c1-7(11(15)13-12)8(2)14(4)10-5-6-16-9(10)3/h7-10H,5-6,12H2,1-4H3,(H,13,15). The zero-order chi connectivity index (χ0) is 12.3. The molecule has 5 nitrogen and oxygen atoms in total. The minimum atomic E-state index is -0.122. The predicted octanol–water partition coefficient (Wildman–Crippen LogP) is 0.110. The smallest absolute Gasteiger partial charge is 0.238 e. The summed E-state index contributed by atoms with van der Waals surface area (Å²) >= 11 is 0. The molecule has 4 unspecified atom stereocenters. The molecule has 1 saturated heterocycles. The SMILES string of the molecule is CC1OCCC1N(C)C(C)C(C)C(=O)NN. The van der Waals surface area contributed by atoms with E-state index in [1.54, 1.807) is 0 Å². The summed E-state index contributed by atoms with van der Waals surface area (Å²) in [5, 5.41) is 0. The van der Waals surface area contributed by atoms with Gasteiger partial charge in [-0.15, -0.1) is 0 Å². The lowest BCUT2D eigenvalue weighted by atomic mass is 9.98. The zero-order valence-electron chi connectivity index (χ0n) is 10.6. The number of amides is 1. The van der Waals surface area contributed by atoms with E-state index in [1.165, 1.54) is 0 Å². The number of ether oxygens (including phenoxy) is 1. The van der Waals surface area contributed by atoms with Crippen molar-refractivity contribution < 1.29 is 9.53 Å². The van der Waals surface area contributed by atoms with Crippen LogP contribution in [0.15, 0.2) is 0 Å². The molecule has 16 heavy (non-hydrogen) atoms. The molecule has 4 atom stereocenters. The molecule has 94 valence electrons. The number of hydrazine groups is 1. The molecule has 0 radical (unpaired) electrons. The Morgan fingerprint density at radius 3 is 2.62 bits per heavy atom. The van der Waals surface area contributed by atoms with Crippen LogP contribution >= 0.6 is 0 Å². The molecule has 0 spiro atoms. The van der Waals surface area contributed by atoms with E-state index in [4.69, 9.17) is 10.6 Å². The number of nitrogens with two attached hydrogens (primary N) is 1. The van der Waals surface area contributed by atoms with E-state index >= 15 is 0 Å². The van der Waals surface area contributed by atoms with Crippen LogP contribution in [0.1, 0.15) is 27.2 Å². The van der Waals surface area contributed by atoms with Crippen molar-refractivity contribution in [2.24, 2.45) is 11.8 Å². The molecule has 3 N–H and O–H groups in total. The van der Waals surface area contributed by atoms with E-state index in [0.717, 1.165) is 13.0 Å². The Morgan fingerprint density at radius 2 is 2.19 bits per heavy atom. The van der Waals surface area contributed by atoms with Crippen LogP contribution < -0.4 is 11.3 Å². The van der Waals surface area contributed by atoms with Crippen molar-refractivity contribution in [1.29, 1.82) is 0 Å². The zero-order valence-corrected chi connectivity index (χ0v) is 10.6. The molecule has 1 aliphatic heterocycles. The lowest BCUT2D eigenvalue weighted by Crippen LogP contribution is -2.49. The molecule has 1 fully saturated rings. The molecule has 1 amide bonds. The van der Waals surface area contributed by atoms with E-state index in [9.17, 15) is 4.79 Å². The van der Waals surface area contributed by atoms with Crippen molar-refractivity contribution in [3.05, 3.63) is 0 Å². The quantitative estimate of drug-likeness (QED) is 0.408. The largest absolute Gasteiger partial charge is 0.377 e. The first-order valence-electron chi connectivity index (χ1n) is 5.83. The van der Waals surface area contributed by atoms with Gasteiger partial charge in [0.1, 0.15) is 0 Å². The summed E-state index contributed by atoms with van der Waals surface area (Å²) in [4.78, 5) is 13.7. The van der Waals surface area contributed by atoms with Crippen molar-refractivity contribution in [2.75, 3.05) is 13.7 Å². The number of carbonyl (C=O) groups excluding carboxylic acids is 1. The highest BCUT2D eigenvalue weighted by atomic mass is 16.5. The van der Waals surface area contributed by atoms with Gasteiger partial charge >= 0.3 is 0 Å². The Labute approximate surface area is 97.3 Å². The maximum Gasteiger partial charge on any atom is 0.238 e. The molecule has 1 heterocycles. The number of nitrogens with one attached hydrogen (secondary N) is 1. The van der Waals surface area contributed by atoms with Crippen LogP contribution in [0, 0.1) is 5.92 Å². The molecule has 1 aliphatic rings. The van der Waals surface area contributed by atoms with Gasteiger partial charge in [-0.05, 0) is 27.3 Å². The van der Waals surface area contributed by atoms with Crippen molar-refractivity contribution >= 4 is 5.91 Å². The summed E-state index contributed by atoms with van der Waals surface area (Å²) in [5.74, 6) is 4.91. The van der Waals surface area contributed by atoms with Crippen LogP contribution in [-0.2, 0) is 9.53 Å². The number of carbonyl (C=O) groups is 1. The Morgan fingerprint density at radius 1 is 1.56 bits per heavy atom. The first-order chi connectivity index (χ1) is 7.49. The van der Waals surface area contributed by atoms with Gasteiger partial charge in [-0.1, -0.05) is 6.92 Å². The highest BCUT2D eigenvalue weighted by molar-refractivity contribution is 5.78. The molecule has 0 bridgehead atoms. The normalized spacial score (nSPS) is 29.1. The van der Waals surface area contributed by atoms with Crippen LogP contribution in [0.4, 0.5) is 0 Å². The maximum absolute atomic E-state index is 11.5. The second-order valence-corrected chi connectivity index (χ2v) is 4.64. The average molecular weight is 229 g/mol. The van der Waals surface area contributed by atoms with Crippen LogP contribution in [0.5, 0.6) is 0 Å². The third-order valence-electron chi connectivity index (χ3n) is 3.78. The fourth-order valence-electron chi connectivity index (χ4n) is 2.26. The summed E-state index contributed by atoms with van der Waals surface area (Å²) in [6.45, 7) is 6.82. The number of hydrogen-bond donors (Lipinski definition) is 2. The Hall–Kier alpha value is -0.650. The average Bonchev–Trinajstić information content (AvgIpc) is 2.71. The highest BCUT2D eigenvalue weighted by Crippen LogP contribution is 2.22. The summed E-state index contributed by atoms with van der Waals surface area (Å²) in [6, 6.07) is 0.542. The van der Waals surface area contributed by atoms with Crippen LogP contribution in [0.2, 0.25) is 0 Å². The van der Waals surface area contributed by atoms with E-state index in [0.29, 0.717) is 6.04 Å². The monoisotopic (exact) mass is 229 g/mol. The number of rotatable bonds is 4. The van der Waals surface area contributed by atoms with Crippen molar-refractivity contribution in [3.63, 3.8) is 0 Å². The van der Waals surface area contributed by atoms with Crippen LogP contribution in [-0.4, -0.2) is 42.6 Å². The van der Waals surface area contributed by atoms with Gasteiger partial charge < -0.3 is 4.74 Å². The molecule has 0 saturated carbocycles.